The highest BCUT2D eigenvalue weighted by molar-refractivity contribution is 5.81. The Balaban J connectivity index is 2.33. The summed E-state index contributed by atoms with van der Waals surface area (Å²) in [5.41, 5.74) is 5.17. The van der Waals surface area contributed by atoms with Gasteiger partial charge in [0.25, 0.3) is 0 Å². The summed E-state index contributed by atoms with van der Waals surface area (Å²) in [4.78, 5) is 16.3. The highest BCUT2D eigenvalue weighted by atomic mass is 16.2. The van der Waals surface area contributed by atoms with Gasteiger partial charge in [-0.2, -0.15) is 0 Å². The monoisotopic (exact) mass is 227 g/mol. The summed E-state index contributed by atoms with van der Waals surface area (Å²) in [6.45, 7) is 8.37. The molecule has 0 atom stereocenters. The second-order valence-electron chi connectivity index (χ2n) is 5.36. The fraction of sp³-hybridized carbons (Fsp3) is 0.917. The molecule has 16 heavy (non-hydrogen) atoms. The molecular formula is C12H25N3O. The third-order valence-electron chi connectivity index (χ3n) is 3.39. The Morgan fingerprint density at radius 3 is 2.44 bits per heavy atom. The molecule has 0 saturated carbocycles. The fourth-order valence-corrected chi connectivity index (χ4v) is 2.00. The lowest BCUT2D eigenvalue weighted by Gasteiger charge is -2.29. The number of hydrogen-bond acceptors (Lipinski definition) is 3. The summed E-state index contributed by atoms with van der Waals surface area (Å²) < 4.78 is 0. The number of hydrogen-bond donors (Lipinski definition) is 1. The molecule has 0 aromatic heterocycles. The molecule has 1 saturated heterocycles. The summed E-state index contributed by atoms with van der Waals surface area (Å²) in [6.07, 6.45) is 2.60. The van der Waals surface area contributed by atoms with Gasteiger partial charge in [0, 0.05) is 26.7 Å². The van der Waals surface area contributed by atoms with E-state index in [0.717, 1.165) is 13.1 Å². The molecule has 1 rings (SSSR count). The van der Waals surface area contributed by atoms with Crippen LogP contribution in [-0.2, 0) is 4.79 Å². The molecule has 1 fully saturated rings. The Morgan fingerprint density at radius 2 is 1.94 bits per heavy atom. The molecule has 0 spiro atoms. The first-order chi connectivity index (χ1) is 7.47. The van der Waals surface area contributed by atoms with E-state index >= 15 is 0 Å². The lowest BCUT2D eigenvalue weighted by Crippen LogP contribution is -2.45. The standard InChI is InChI=1S/C12H25N3O/c1-12(2,10-13)11(16)14(3)8-9-15-6-4-5-7-15/h4-10,13H2,1-3H3. The zero-order valence-corrected chi connectivity index (χ0v) is 10.8. The third-order valence-corrected chi connectivity index (χ3v) is 3.39. The van der Waals surface area contributed by atoms with E-state index in [1.54, 1.807) is 0 Å². The maximum atomic E-state index is 12.0. The Hall–Kier alpha value is -0.610. The molecule has 1 heterocycles. The fourth-order valence-electron chi connectivity index (χ4n) is 2.00. The first-order valence-electron chi connectivity index (χ1n) is 6.15. The van der Waals surface area contributed by atoms with Crippen LogP contribution in [0.3, 0.4) is 0 Å². The highest BCUT2D eigenvalue weighted by Crippen LogP contribution is 2.16. The van der Waals surface area contributed by atoms with Crippen LogP contribution in [0.5, 0.6) is 0 Å². The number of rotatable bonds is 5. The van der Waals surface area contributed by atoms with Gasteiger partial charge in [-0.05, 0) is 39.8 Å². The van der Waals surface area contributed by atoms with E-state index < -0.39 is 5.41 Å². The second-order valence-corrected chi connectivity index (χ2v) is 5.36. The minimum absolute atomic E-state index is 0.147. The quantitative estimate of drug-likeness (QED) is 0.745. The summed E-state index contributed by atoms with van der Waals surface area (Å²) >= 11 is 0. The van der Waals surface area contributed by atoms with Crippen molar-refractivity contribution in [2.75, 3.05) is 39.8 Å². The molecular weight excluding hydrogens is 202 g/mol. The number of likely N-dealkylation sites (tertiary alicyclic amines) is 1. The molecule has 1 amide bonds. The molecule has 1 aliphatic heterocycles. The van der Waals surface area contributed by atoms with Crippen LogP contribution in [0, 0.1) is 5.41 Å². The first-order valence-corrected chi connectivity index (χ1v) is 6.15. The van der Waals surface area contributed by atoms with Gasteiger partial charge in [0.2, 0.25) is 5.91 Å². The Labute approximate surface area is 98.8 Å². The van der Waals surface area contributed by atoms with Crippen molar-refractivity contribution >= 4 is 5.91 Å². The van der Waals surface area contributed by atoms with E-state index in [1.165, 1.54) is 25.9 Å². The second kappa shape index (κ2) is 5.64. The van der Waals surface area contributed by atoms with Crippen LogP contribution in [0.1, 0.15) is 26.7 Å². The molecule has 1 aliphatic rings. The number of amides is 1. The zero-order valence-electron chi connectivity index (χ0n) is 10.8. The van der Waals surface area contributed by atoms with Crippen LogP contribution in [0.4, 0.5) is 0 Å². The normalized spacial score (nSPS) is 17.8. The van der Waals surface area contributed by atoms with Crippen molar-refractivity contribution in [1.82, 2.24) is 9.80 Å². The molecule has 0 unspecified atom stereocenters. The average molecular weight is 227 g/mol. The summed E-state index contributed by atoms with van der Waals surface area (Å²) in [5.74, 6) is 0.147. The summed E-state index contributed by atoms with van der Waals surface area (Å²) in [7, 11) is 1.87. The SMILES string of the molecule is CN(CCN1CCCC1)C(=O)C(C)(C)CN. The number of likely N-dealkylation sites (N-methyl/N-ethyl adjacent to an activating group) is 1. The molecule has 0 aromatic rings. The van der Waals surface area contributed by atoms with Crippen molar-refractivity contribution in [2.45, 2.75) is 26.7 Å². The Bertz CT molecular complexity index is 234. The smallest absolute Gasteiger partial charge is 0.229 e. The van der Waals surface area contributed by atoms with Crippen molar-refractivity contribution in [2.24, 2.45) is 11.1 Å². The van der Waals surface area contributed by atoms with Gasteiger partial charge in [-0.3, -0.25) is 4.79 Å². The molecule has 0 aromatic carbocycles. The van der Waals surface area contributed by atoms with Crippen LogP contribution in [0.15, 0.2) is 0 Å². The number of nitrogens with zero attached hydrogens (tertiary/aromatic N) is 2. The van der Waals surface area contributed by atoms with Crippen molar-refractivity contribution < 1.29 is 4.79 Å². The minimum atomic E-state index is -0.431. The van der Waals surface area contributed by atoms with Crippen LogP contribution < -0.4 is 5.73 Å². The van der Waals surface area contributed by atoms with Gasteiger partial charge in [0.1, 0.15) is 0 Å². The average Bonchev–Trinajstić information content (AvgIpc) is 2.77. The van der Waals surface area contributed by atoms with Gasteiger partial charge in [0.05, 0.1) is 5.41 Å². The van der Waals surface area contributed by atoms with E-state index in [1.807, 2.05) is 25.8 Å². The van der Waals surface area contributed by atoms with E-state index in [4.69, 9.17) is 5.73 Å². The van der Waals surface area contributed by atoms with E-state index in [2.05, 4.69) is 4.90 Å². The maximum absolute atomic E-state index is 12.0. The van der Waals surface area contributed by atoms with E-state index in [9.17, 15) is 4.79 Å². The maximum Gasteiger partial charge on any atom is 0.229 e. The predicted octanol–water partition coefficient (Wildman–Crippen LogP) is 0.526. The number of nitrogens with two attached hydrogens (primary N) is 1. The van der Waals surface area contributed by atoms with Crippen LogP contribution in [0.25, 0.3) is 0 Å². The van der Waals surface area contributed by atoms with Crippen LogP contribution in [0.2, 0.25) is 0 Å². The third kappa shape index (κ3) is 3.46. The molecule has 4 heteroatoms. The number of carbonyl (C=O) groups excluding carboxylic acids is 1. The van der Waals surface area contributed by atoms with E-state index in [-0.39, 0.29) is 5.91 Å². The summed E-state index contributed by atoms with van der Waals surface area (Å²) in [5, 5.41) is 0. The Morgan fingerprint density at radius 1 is 1.38 bits per heavy atom. The van der Waals surface area contributed by atoms with Crippen LogP contribution >= 0.6 is 0 Å². The molecule has 0 radical (unpaired) electrons. The first kappa shape index (κ1) is 13.5. The van der Waals surface area contributed by atoms with Gasteiger partial charge in [-0.1, -0.05) is 0 Å². The van der Waals surface area contributed by atoms with Crippen molar-refractivity contribution in [3.05, 3.63) is 0 Å². The zero-order chi connectivity index (χ0) is 12.2. The van der Waals surface area contributed by atoms with Crippen molar-refractivity contribution in [3.8, 4) is 0 Å². The molecule has 0 bridgehead atoms. The largest absolute Gasteiger partial charge is 0.344 e. The molecule has 2 N–H and O–H groups in total. The molecule has 0 aliphatic carbocycles. The van der Waals surface area contributed by atoms with Gasteiger partial charge >= 0.3 is 0 Å². The summed E-state index contributed by atoms with van der Waals surface area (Å²) in [6, 6.07) is 0. The van der Waals surface area contributed by atoms with Gasteiger partial charge in [-0.15, -0.1) is 0 Å². The Kier molecular flexibility index (Phi) is 4.74. The lowest BCUT2D eigenvalue weighted by atomic mass is 9.92. The lowest BCUT2D eigenvalue weighted by molar-refractivity contribution is -0.138. The molecule has 4 nitrogen and oxygen atoms in total. The van der Waals surface area contributed by atoms with Crippen molar-refractivity contribution in [1.29, 1.82) is 0 Å². The highest BCUT2D eigenvalue weighted by Gasteiger charge is 2.28. The van der Waals surface area contributed by atoms with Crippen LogP contribution in [-0.4, -0.2) is 55.5 Å². The van der Waals surface area contributed by atoms with Crippen molar-refractivity contribution in [3.63, 3.8) is 0 Å². The van der Waals surface area contributed by atoms with Gasteiger partial charge in [0.15, 0.2) is 0 Å². The van der Waals surface area contributed by atoms with Gasteiger partial charge in [-0.25, -0.2) is 0 Å². The number of carbonyl (C=O) groups is 1. The predicted molar refractivity (Wildman–Crippen MR) is 66.1 cm³/mol. The van der Waals surface area contributed by atoms with E-state index in [0.29, 0.717) is 6.54 Å². The molecule has 94 valence electrons. The topological polar surface area (TPSA) is 49.6 Å². The minimum Gasteiger partial charge on any atom is -0.344 e. The van der Waals surface area contributed by atoms with Gasteiger partial charge < -0.3 is 15.5 Å².